The van der Waals surface area contributed by atoms with E-state index in [1.807, 2.05) is 19.1 Å². The summed E-state index contributed by atoms with van der Waals surface area (Å²) in [5, 5.41) is 0. The molecule has 0 aliphatic heterocycles. The van der Waals surface area contributed by atoms with E-state index in [1.54, 1.807) is 4.90 Å². The van der Waals surface area contributed by atoms with E-state index in [-0.39, 0.29) is 18.9 Å². The van der Waals surface area contributed by atoms with Crippen LogP contribution in [0.25, 0.3) is 0 Å². The first kappa shape index (κ1) is 13.9. The van der Waals surface area contributed by atoms with Crippen molar-refractivity contribution >= 4 is 23.0 Å². The lowest BCUT2D eigenvalue weighted by Crippen LogP contribution is -2.37. The average molecular weight is 254 g/mol. The maximum atomic E-state index is 11.9. The van der Waals surface area contributed by atoms with Gasteiger partial charge in [-0.3, -0.25) is 14.5 Å². The van der Waals surface area contributed by atoms with Crippen molar-refractivity contribution in [2.24, 2.45) is 5.73 Å². The van der Waals surface area contributed by atoms with E-state index in [1.165, 1.54) is 16.2 Å². The minimum absolute atomic E-state index is 0.0535. The second-order valence-corrected chi connectivity index (χ2v) is 4.98. The summed E-state index contributed by atoms with van der Waals surface area (Å²) < 4.78 is 0. The fourth-order valence-corrected chi connectivity index (χ4v) is 2.38. The molecule has 1 amide bonds. The first-order valence-electron chi connectivity index (χ1n) is 5.69. The Kier molecular flexibility index (Phi) is 5.31. The minimum Gasteiger partial charge on any atom is -0.369 e. The SMILES string of the molecule is CCc1ccc(C(=O)CN(CC)CC(N)=O)s1. The Morgan fingerprint density at radius 2 is 2.00 bits per heavy atom. The van der Waals surface area contributed by atoms with Crippen molar-refractivity contribution in [2.45, 2.75) is 20.3 Å². The van der Waals surface area contributed by atoms with Crippen LogP contribution in [0.4, 0.5) is 0 Å². The molecule has 0 aliphatic rings. The normalized spacial score (nSPS) is 10.8. The standard InChI is InChI=1S/C12H18N2O2S/c1-3-9-5-6-11(17-9)10(15)7-14(4-2)8-12(13)16/h5-6H,3-4,7-8H2,1-2H3,(H2,13,16). The lowest BCUT2D eigenvalue weighted by atomic mass is 10.3. The third-order valence-electron chi connectivity index (χ3n) is 2.48. The van der Waals surface area contributed by atoms with Gasteiger partial charge in [0.15, 0.2) is 5.78 Å². The summed E-state index contributed by atoms with van der Waals surface area (Å²) in [4.78, 5) is 26.5. The summed E-state index contributed by atoms with van der Waals surface area (Å²) in [6, 6.07) is 3.83. The van der Waals surface area contributed by atoms with E-state index >= 15 is 0 Å². The molecule has 0 saturated heterocycles. The number of likely N-dealkylation sites (N-methyl/N-ethyl adjacent to an activating group) is 1. The highest BCUT2D eigenvalue weighted by atomic mass is 32.1. The summed E-state index contributed by atoms with van der Waals surface area (Å²) in [7, 11) is 0. The van der Waals surface area contributed by atoms with Crippen LogP contribution < -0.4 is 5.73 Å². The number of hydrogen-bond donors (Lipinski definition) is 1. The molecule has 0 unspecified atom stereocenters. The van der Waals surface area contributed by atoms with Crippen LogP contribution in [0.2, 0.25) is 0 Å². The van der Waals surface area contributed by atoms with Gasteiger partial charge in [-0.05, 0) is 25.1 Å². The molecule has 0 bridgehead atoms. The molecule has 2 N–H and O–H groups in total. The second kappa shape index (κ2) is 6.51. The Bertz CT molecular complexity index is 401. The average Bonchev–Trinajstić information content (AvgIpc) is 2.75. The number of carbonyl (C=O) groups is 2. The monoisotopic (exact) mass is 254 g/mol. The predicted octanol–water partition coefficient (Wildman–Crippen LogP) is 1.30. The number of rotatable bonds is 7. The summed E-state index contributed by atoms with van der Waals surface area (Å²) in [6.45, 7) is 4.99. The Morgan fingerprint density at radius 3 is 2.47 bits per heavy atom. The van der Waals surface area contributed by atoms with Gasteiger partial charge in [-0.1, -0.05) is 13.8 Å². The van der Waals surface area contributed by atoms with Gasteiger partial charge in [0.2, 0.25) is 5.91 Å². The fourth-order valence-electron chi connectivity index (χ4n) is 1.50. The molecule has 0 saturated carbocycles. The van der Waals surface area contributed by atoms with E-state index in [9.17, 15) is 9.59 Å². The van der Waals surface area contributed by atoms with Crippen molar-refractivity contribution in [3.8, 4) is 0 Å². The smallest absolute Gasteiger partial charge is 0.231 e. The maximum Gasteiger partial charge on any atom is 0.231 e. The largest absolute Gasteiger partial charge is 0.369 e. The molecule has 0 aliphatic carbocycles. The van der Waals surface area contributed by atoms with Gasteiger partial charge in [0.05, 0.1) is 18.0 Å². The Hall–Kier alpha value is -1.20. The summed E-state index contributed by atoms with van der Waals surface area (Å²) in [6.07, 6.45) is 0.941. The number of aryl methyl sites for hydroxylation is 1. The lowest BCUT2D eigenvalue weighted by Gasteiger charge is -2.16. The van der Waals surface area contributed by atoms with Crippen LogP contribution in [0.15, 0.2) is 12.1 Å². The molecule has 0 atom stereocenters. The highest BCUT2D eigenvalue weighted by molar-refractivity contribution is 7.14. The third kappa shape index (κ3) is 4.28. The van der Waals surface area contributed by atoms with E-state index in [0.717, 1.165) is 11.3 Å². The van der Waals surface area contributed by atoms with Crippen molar-refractivity contribution in [2.75, 3.05) is 19.6 Å². The zero-order valence-corrected chi connectivity index (χ0v) is 11.0. The zero-order valence-electron chi connectivity index (χ0n) is 10.2. The van der Waals surface area contributed by atoms with Crippen LogP contribution in [0, 0.1) is 0 Å². The lowest BCUT2D eigenvalue weighted by molar-refractivity contribution is -0.118. The van der Waals surface area contributed by atoms with Crippen molar-refractivity contribution in [3.63, 3.8) is 0 Å². The predicted molar refractivity (Wildman–Crippen MR) is 69.3 cm³/mol. The van der Waals surface area contributed by atoms with Gasteiger partial charge < -0.3 is 5.73 Å². The Morgan fingerprint density at radius 1 is 1.29 bits per heavy atom. The first-order valence-corrected chi connectivity index (χ1v) is 6.51. The number of amides is 1. The van der Waals surface area contributed by atoms with E-state index in [0.29, 0.717) is 6.54 Å². The van der Waals surface area contributed by atoms with Crippen LogP contribution >= 0.6 is 11.3 Å². The number of thiophene rings is 1. The van der Waals surface area contributed by atoms with Gasteiger partial charge in [0.1, 0.15) is 0 Å². The quantitative estimate of drug-likeness (QED) is 0.746. The number of Topliss-reactive ketones (excluding diaryl/α,β-unsaturated/α-hetero) is 1. The Labute approximate surface area is 105 Å². The highest BCUT2D eigenvalue weighted by Crippen LogP contribution is 2.17. The molecule has 0 fully saturated rings. The maximum absolute atomic E-state index is 11.9. The first-order chi connectivity index (χ1) is 8.06. The molecule has 0 aromatic carbocycles. The topological polar surface area (TPSA) is 63.4 Å². The van der Waals surface area contributed by atoms with Crippen molar-refractivity contribution in [1.82, 2.24) is 4.90 Å². The number of ketones is 1. The van der Waals surface area contributed by atoms with Crippen LogP contribution in [-0.4, -0.2) is 36.2 Å². The molecule has 0 spiro atoms. The summed E-state index contributed by atoms with van der Waals surface area (Å²) in [5.41, 5.74) is 5.12. The fraction of sp³-hybridized carbons (Fsp3) is 0.500. The molecule has 1 aromatic rings. The van der Waals surface area contributed by atoms with Crippen LogP contribution in [0.5, 0.6) is 0 Å². The molecule has 0 radical (unpaired) electrons. The summed E-state index contributed by atoms with van der Waals surface area (Å²) in [5.74, 6) is -0.349. The number of nitrogens with two attached hydrogens (primary N) is 1. The number of carbonyl (C=O) groups excluding carboxylic acids is 2. The van der Waals surface area contributed by atoms with Gasteiger partial charge in [-0.25, -0.2) is 0 Å². The molecule has 1 aromatic heterocycles. The van der Waals surface area contributed by atoms with E-state index in [2.05, 4.69) is 6.92 Å². The molecule has 1 rings (SSSR count). The van der Waals surface area contributed by atoms with E-state index < -0.39 is 5.91 Å². The number of primary amides is 1. The summed E-state index contributed by atoms with van der Waals surface area (Å²) >= 11 is 1.52. The molecule has 4 nitrogen and oxygen atoms in total. The van der Waals surface area contributed by atoms with Gasteiger partial charge in [-0.15, -0.1) is 11.3 Å². The van der Waals surface area contributed by atoms with Crippen LogP contribution in [-0.2, 0) is 11.2 Å². The molecule has 94 valence electrons. The minimum atomic E-state index is -0.403. The second-order valence-electron chi connectivity index (χ2n) is 3.81. The molecular formula is C12H18N2O2S. The Balaban J connectivity index is 2.60. The van der Waals surface area contributed by atoms with Crippen molar-refractivity contribution in [1.29, 1.82) is 0 Å². The number of nitrogens with zero attached hydrogens (tertiary/aromatic N) is 1. The molecule has 1 heterocycles. The molecular weight excluding hydrogens is 236 g/mol. The van der Waals surface area contributed by atoms with Crippen molar-refractivity contribution in [3.05, 3.63) is 21.9 Å². The zero-order chi connectivity index (χ0) is 12.8. The molecule has 5 heteroatoms. The van der Waals surface area contributed by atoms with Gasteiger partial charge in [0.25, 0.3) is 0 Å². The van der Waals surface area contributed by atoms with E-state index in [4.69, 9.17) is 5.73 Å². The van der Waals surface area contributed by atoms with Gasteiger partial charge in [-0.2, -0.15) is 0 Å². The van der Waals surface area contributed by atoms with Crippen LogP contribution in [0.1, 0.15) is 28.4 Å². The van der Waals surface area contributed by atoms with Crippen LogP contribution in [0.3, 0.4) is 0 Å². The van der Waals surface area contributed by atoms with Gasteiger partial charge in [0, 0.05) is 4.88 Å². The highest BCUT2D eigenvalue weighted by Gasteiger charge is 2.14. The van der Waals surface area contributed by atoms with Gasteiger partial charge >= 0.3 is 0 Å². The molecule has 17 heavy (non-hydrogen) atoms. The third-order valence-corrected chi connectivity index (χ3v) is 3.75. The van der Waals surface area contributed by atoms with Crippen molar-refractivity contribution < 1.29 is 9.59 Å². The number of hydrogen-bond acceptors (Lipinski definition) is 4.